The molecule has 5 aromatic rings. The first-order chi connectivity index (χ1) is 19.7. The lowest BCUT2D eigenvalue weighted by molar-refractivity contribution is 0.0994. The quantitative estimate of drug-likeness (QED) is 0.140. The number of benzene rings is 5. The molecule has 0 radical (unpaired) electrons. The molecule has 0 aromatic heterocycles. The van der Waals surface area contributed by atoms with E-state index < -0.39 is 0 Å². The van der Waals surface area contributed by atoms with Crippen LogP contribution < -0.4 is 0 Å². The highest BCUT2D eigenvalue weighted by atomic mass is 16.1. The van der Waals surface area contributed by atoms with Crippen molar-refractivity contribution in [1.82, 2.24) is 0 Å². The zero-order valence-corrected chi connectivity index (χ0v) is 22.0. The molecule has 4 heteroatoms. The molecule has 5 aromatic carbocycles. The highest BCUT2D eigenvalue weighted by Crippen LogP contribution is 2.20. The third-order valence-corrected chi connectivity index (χ3v) is 6.49. The minimum atomic E-state index is -0.0381. The summed E-state index contributed by atoms with van der Waals surface area (Å²) in [6.45, 7) is 0.140. The molecule has 0 aliphatic rings. The Bertz CT molecular complexity index is 1520. The molecule has 0 fully saturated rings. The molecule has 0 saturated heterocycles. The summed E-state index contributed by atoms with van der Waals surface area (Å²) in [4.78, 5) is 33.9. The molecule has 0 atom stereocenters. The third kappa shape index (κ3) is 7.00. The first kappa shape index (κ1) is 26.4. The van der Waals surface area contributed by atoms with E-state index in [4.69, 9.17) is 0 Å². The molecule has 0 aliphatic carbocycles. The summed E-state index contributed by atoms with van der Waals surface area (Å²) in [5.41, 5.74) is 7.37. The van der Waals surface area contributed by atoms with Crippen LogP contribution in [0, 0.1) is 0 Å². The second-order valence-electron chi connectivity index (χ2n) is 9.34. The molecule has 5 rings (SSSR count). The lowest BCUT2D eigenvalue weighted by Crippen LogP contribution is -2.04. The van der Waals surface area contributed by atoms with Gasteiger partial charge < -0.3 is 0 Å². The maximum Gasteiger partial charge on any atom is 0.184 e. The third-order valence-electron chi connectivity index (χ3n) is 6.49. The molecule has 4 nitrogen and oxygen atoms in total. The van der Waals surface area contributed by atoms with Gasteiger partial charge in [-0.2, -0.15) is 0 Å². The van der Waals surface area contributed by atoms with Gasteiger partial charge >= 0.3 is 0 Å². The molecule has 0 amide bonds. The predicted molar refractivity (Wildman–Crippen MR) is 164 cm³/mol. The number of rotatable bonds is 10. The van der Waals surface area contributed by atoms with Gasteiger partial charge in [0, 0.05) is 23.6 Å². The van der Waals surface area contributed by atoms with E-state index in [9.17, 15) is 9.59 Å². The number of nitrogens with zero attached hydrogens (tertiary/aromatic N) is 2. The summed E-state index contributed by atoms with van der Waals surface area (Å²) in [6.07, 6.45) is 3.38. The predicted octanol–water partition coefficient (Wildman–Crippen LogP) is 7.62. The molecule has 0 heterocycles. The van der Waals surface area contributed by atoms with Crippen LogP contribution in [0.25, 0.3) is 22.3 Å². The second kappa shape index (κ2) is 13.0. The lowest BCUT2D eigenvalue weighted by atomic mass is 10.0. The van der Waals surface area contributed by atoms with E-state index in [1.54, 1.807) is 12.4 Å². The maximum atomic E-state index is 12.6. The van der Waals surface area contributed by atoms with Crippen molar-refractivity contribution in [2.24, 2.45) is 9.98 Å². The molecule has 40 heavy (non-hydrogen) atoms. The molecule has 0 aliphatic heterocycles. The number of aliphatic imine (C=N–C) groups is 2. The SMILES string of the molecule is O=C(CN=Cc1cccc(C=NCC(=O)c2ccc(-c3ccccc3)cc2)c1)c1ccc(-c2ccccc2)cc1. The average Bonchev–Trinajstić information content (AvgIpc) is 3.02. The normalized spacial score (nSPS) is 11.2. The van der Waals surface area contributed by atoms with Crippen LogP contribution in [-0.2, 0) is 0 Å². The van der Waals surface area contributed by atoms with Gasteiger partial charge in [-0.25, -0.2) is 0 Å². The highest BCUT2D eigenvalue weighted by Gasteiger charge is 2.06. The largest absolute Gasteiger partial charge is 0.292 e. The number of ketones is 2. The van der Waals surface area contributed by atoms with Crippen LogP contribution in [0.4, 0.5) is 0 Å². The van der Waals surface area contributed by atoms with Crippen LogP contribution in [0.1, 0.15) is 31.8 Å². The van der Waals surface area contributed by atoms with E-state index in [2.05, 4.69) is 9.98 Å². The zero-order valence-electron chi connectivity index (χ0n) is 22.0. The fourth-order valence-corrected chi connectivity index (χ4v) is 4.33. The summed E-state index contributed by atoms with van der Waals surface area (Å²) < 4.78 is 0. The zero-order chi connectivity index (χ0) is 27.6. The van der Waals surface area contributed by atoms with Crippen LogP contribution in [0.3, 0.4) is 0 Å². The molecule has 0 N–H and O–H groups in total. The Kier molecular flexibility index (Phi) is 8.60. The first-order valence-corrected chi connectivity index (χ1v) is 13.1. The summed E-state index contributed by atoms with van der Waals surface area (Å²) in [5.74, 6) is -0.0761. The van der Waals surface area contributed by atoms with Crippen molar-refractivity contribution in [3.8, 4) is 22.3 Å². The number of carbonyl (C=O) groups is 2. The van der Waals surface area contributed by atoms with E-state index in [1.165, 1.54) is 0 Å². The van der Waals surface area contributed by atoms with Gasteiger partial charge in [-0.15, -0.1) is 0 Å². The number of Topliss-reactive ketones (excluding diaryl/α,β-unsaturated/α-hetero) is 2. The second-order valence-corrected chi connectivity index (χ2v) is 9.34. The lowest BCUT2D eigenvalue weighted by Gasteiger charge is -2.03. The van der Waals surface area contributed by atoms with Crippen LogP contribution >= 0.6 is 0 Å². The molecular weight excluding hydrogens is 492 g/mol. The van der Waals surface area contributed by atoms with Crippen molar-refractivity contribution >= 4 is 24.0 Å². The van der Waals surface area contributed by atoms with E-state index in [-0.39, 0.29) is 24.7 Å². The van der Waals surface area contributed by atoms with Crippen molar-refractivity contribution < 1.29 is 9.59 Å². The standard InChI is InChI=1S/C36H28N2O2/c39-35(33-18-14-31(15-19-33)29-10-3-1-4-11-29)25-37-23-27-8-7-9-28(22-27)24-38-26-36(40)34-20-16-32(17-21-34)30-12-5-2-6-13-30/h1-24H,25-26H2. The van der Waals surface area contributed by atoms with Gasteiger partial charge in [-0.1, -0.05) is 127 Å². The van der Waals surface area contributed by atoms with Gasteiger partial charge in [-0.05, 0) is 39.4 Å². The molecule has 0 saturated carbocycles. The van der Waals surface area contributed by atoms with Crippen molar-refractivity contribution in [1.29, 1.82) is 0 Å². The monoisotopic (exact) mass is 520 g/mol. The first-order valence-electron chi connectivity index (χ1n) is 13.1. The van der Waals surface area contributed by atoms with Crippen molar-refractivity contribution in [3.05, 3.63) is 156 Å². The summed E-state index contributed by atoms with van der Waals surface area (Å²) >= 11 is 0. The Balaban J connectivity index is 1.13. The van der Waals surface area contributed by atoms with Crippen molar-refractivity contribution in [2.75, 3.05) is 13.1 Å². The van der Waals surface area contributed by atoms with Crippen LogP contribution in [0.5, 0.6) is 0 Å². The molecule has 194 valence electrons. The summed E-state index contributed by atoms with van der Waals surface area (Å²) in [7, 11) is 0. The number of hydrogen-bond donors (Lipinski definition) is 0. The molecular formula is C36H28N2O2. The van der Waals surface area contributed by atoms with Crippen LogP contribution in [0.15, 0.2) is 143 Å². The fourth-order valence-electron chi connectivity index (χ4n) is 4.33. The Hall–Kier alpha value is -5.22. The van der Waals surface area contributed by atoms with E-state index >= 15 is 0 Å². The smallest absolute Gasteiger partial charge is 0.184 e. The maximum absolute atomic E-state index is 12.6. The number of hydrogen-bond acceptors (Lipinski definition) is 4. The van der Waals surface area contributed by atoms with Gasteiger partial charge in [0.25, 0.3) is 0 Å². The van der Waals surface area contributed by atoms with Crippen LogP contribution in [-0.4, -0.2) is 37.1 Å². The van der Waals surface area contributed by atoms with E-state index in [0.29, 0.717) is 11.1 Å². The van der Waals surface area contributed by atoms with Gasteiger partial charge in [0.2, 0.25) is 0 Å². The Labute approximate surface area is 234 Å². The Morgan fingerprint density at radius 1 is 0.450 bits per heavy atom. The summed E-state index contributed by atoms with van der Waals surface area (Å²) in [5, 5.41) is 0. The van der Waals surface area contributed by atoms with Crippen LogP contribution in [0.2, 0.25) is 0 Å². The van der Waals surface area contributed by atoms with Gasteiger partial charge in [-0.3, -0.25) is 19.6 Å². The number of carbonyl (C=O) groups excluding carboxylic acids is 2. The highest BCUT2D eigenvalue weighted by molar-refractivity contribution is 6.00. The van der Waals surface area contributed by atoms with Crippen molar-refractivity contribution in [3.63, 3.8) is 0 Å². The van der Waals surface area contributed by atoms with E-state index in [1.807, 2.05) is 133 Å². The molecule has 0 spiro atoms. The molecule has 0 bridgehead atoms. The average molecular weight is 521 g/mol. The Morgan fingerprint density at radius 3 is 1.23 bits per heavy atom. The Morgan fingerprint density at radius 2 is 0.825 bits per heavy atom. The molecule has 0 unspecified atom stereocenters. The van der Waals surface area contributed by atoms with Crippen molar-refractivity contribution in [2.45, 2.75) is 0 Å². The fraction of sp³-hybridized carbons (Fsp3) is 0.0556. The van der Waals surface area contributed by atoms with Gasteiger partial charge in [0.05, 0.1) is 0 Å². The van der Waals surface area contributed by atoms with E-state index in [0.717, 1.165) is 33.4 Å². The van der Waals surface area contributed by atoms with Gasteiger partial charge in [0.1, 0.15) is 13.1 Å². The minimum absolute atomic E-state index is 0.0381. The minimum Gasteiger partial charge on any atom is -0.292 e. The topological polar surface area (TPSA) is 58.9 Å². The summed E-state index contributed by atoms with van der Waals surface area (Å²) in [6, 6.07) is 43.0. The van der Waals surface area contributed by atoms with Gasteiger partial charge in [0.15, 0.2) is 11.6 Å².